The number of methoxy groups -OCH3 is 1. The molecule has 43 heavy (non-hydrogen) atoms. The Kier molecular flexibility index (Phi) is 8.92. The summed E-state index contributed by atoms with van der Waals surface area (Å²) in [4.78, 5) is 13.6. The highest BCUT2D eigenvalue weighted by molar-refractivity contribution is 5.91. The lowest BCUT2D eigenvalue weighted by Gasteiger charge is -2.46. The van der Waals surface area contributed by atoms with Crippen LogP contribution >= 0.6 is 0 Å². The van der Waals surface area contributed by atoms with Crippen LogP contribution in [0.2, 0.25) is 0 Å². The minimum absolute atomic E-state index is 0.0290. The van der Waals surface area contributed by atoms with E-state index < -0.39 is 85.6 Å². The summed E-state index contributed by atoms with van der Waals surface area (Å²) in [6.07, 6.45) is -15.7. The summed E-state index contributed by atoms with van der Waals surface area (Å²) in [5.74, 6) is -0.687. The number of rotatable bonds is 7. The molecule has 10 atom stereocenters. The number of phenolic OH excluding ortho intramolecular Hbond substituents is 2. The molecule has 15 heteroatoms. The summed E-state index contributed by atoms with van der Waals surface area (Å²) in [7, 11) is 1.23. The van der Waals surface area contributed by atoms with Gasteiger partial charge in [-0.05, 0) is 17.7 Å². The van der Waals surface area contributed by atoms with Gasteiger partial charge in [0.2, 0.25) is 5.43 Å². The Bertz CT molecular complexity index is 1490. The quantitative estimate of drug-likeness (QED) is 0.144. The molecule has 2 aromatic carbocycles. The predicted molar refractivity (Wildman–Crippen MR) is 143 cm³/mol. The maximum Gasteiger partial charge on any atom is 0.204 e. The fourth-order valence-electron chi connectivity index (χ4n) is 5.37. The summed E-state index contributed by atoms with van der Waals surface area (Å²) in [5, 5.41) is 92.3. The molecule has 0 radical (unpaired) electrons. The largest absolute Gasteiger partial charge is 0.508 e. The Morgan fingerprint density at radius 3 is 2.09 bits per heavy atom. The lowest BCUT2D eigenvalue weighted by atomic mass is 9.89. The molecule has 0 amide bonds. The van der Waals surface area contributed by atoms with Crippen molar-refractivity contribution in [2.24, 2.45) is 0 Å². The first-order chi connectivity index (χ1) is 20.5. The second kappa shape index (κ2) is 12.3. The van der Waals surface area contributed by atoms with Gasteiger partial charge in [-0.15, -0.1) is 0 Å². The standard InChI is InChI=1S/C28H32O15/c1-39-14-6-13(32)17-19(33)12(10-2-4-11(31)5-3-10)9-40-25(17)18(14)26-27(23(37)21(35)15(7-29)41-26)43-28-24(38)22(36)20(34)16(8-30)42-28/h2-6,9,15-16,20-24,26-32,34-38H,7-8H2,1H3. The van der Waals surface area contributed by atoms with Crippen LogP contribution in [0.3, 0.4) is 0 Å². The first kappa shape index (κ1) is 31.1. The molecule has 15 nitrogen and oxygen atoms in total. The molecule has 2 aliphatic rings. The predicted octanol–water partition coefficient (Wildman–Crippen LogP) is -1.78. The molecule has 0 aliphatic carbocycles. The van der Waals surface area contributed by atoms with Gasteiger partial charge in [0.1, 0.15) is 83.8 Å². The number of fused-ring (bicyclic) bond motifs is 1. The van der Waals surface area contributed by atoms with E-state index in [1.54, 1.807) is 0 Å². The molecule has 1 aromatic heterocycles. The van der Waals surface area contributed by atoms with Crippen LogP contribution in [0.25, 0.3) is 22.1 Å². The van der Waals surface area contributed by atoms with Gasteiger partial charge < -0.3 is 69.3 Å². The zero-order valence-electron chi connectivity index (χ0n) is 22.6. The van der Waals surface area contributed by atoms with Gasteiger partial charge in [0.25, 0.3) is 0 Å². The zero-order chi connectivity index (χ0) is 31.2. The molecule has 234 valence electrons. The average Bonchev–Trinajstić information content (AvgIpc) is 3.00. The number of ether oxygens (including phenoxy) is 4. The average molecular weight is 609 g/mol. The van der Waals surface area contributed by atoms with E-state index in [-0.39, 0.29) is 33.6 Å². The van der Waals surface area contributed by atoms with Crippen LogP contribution < -0.4 is 10.2 Å². The summed E-state index contributed by atoms with van der Waals surface area (Å²) in [6, 6.07) is 6.74. The Labute approximate surface area is 242 Å². The third-order valence-electron chi connectivity index (χ3n) is 7.72. The highest BCUT2D eigenvalue weighted by Gasteiger charge is 2.52. The van der Waals surface area contributed by atoms with E-state index in [1.807, 2.05) is 0 Å². The topological polar surface area (TPSA) is 249 Å². The molecule has 5 rings (SSSR count). The van der Waals surface area contributed by atoms with E-state index in [1.165, 1.54) is 31.4 Å². The third-order valence-corrected chi connectivity index (χ3v) is 7.72. The van der Waals surface area contributed by atoms with Gasteiger partial charge in [-0.1, -0.05) is 12.1 Å². The van der Waals surface area contributed by atoms with E-state index in [9.17, 15) is 50.8 Å². The van der Waals surface area contributed by atoms with Crippen molar-refractivity contribution in [2.45, 2.75) is 61.2 Å². The lowest BCUT2D eigenvalue weighted by molar-refractivity contribution is -0.342. The monoisotopic (exact) mass is 608 g/mol. The summed E-state index contributed by atoms with van der Waals surface area (Å²) >= 11 is 0. The van der Waals surface area contributed by atoms with E-state index in [0.717, 1.165) is 12.3 Å². The van der Waals surface area contributed by atoms with Gasteiger partial charge >= 0.3 is 0 Å². The van der Waals surface area contributed by atoms with Crippen LogP contribution in [0.5, 0.6) is 17.2 Å². The van der Waals surface area contributed by atoms with Gasteiger partial charge in [-0.2, -0.15) is 0 Å². The summed E-state index contributed by atoms with van der Waals surface area (Å²) < 4.78 is 28.4. The maximum absolute atomic E-state index is 13.6. The Morgan fingerprint density at radius 1 is 0.837 bits per heavy atom. The molecule has 9 N–H and O–H groups in total. The Hall–Kier alpha value is -3.35. The number of hydrogen-bond donors (Lipinski definition) is 9. The molecule has 2 saturated heterocycles. The van der Waals surface area contributed by atoms with E-state index in [2.05, 4.69) is 0 Å². The van der Waals surface area contributed by atoms with Crippen molar-refractivity contribution in [2.75, 3.05) is 20.3 Å². The highest BCUT2D eigenvalue weighted by atomic mass is 16.7. The minimum Gasteiger partial charge on any atom is -0.508 e. The number of aromatic hydroxyl groups is 2. The number of aliphatic hydroxyl groups excluding tert-OH is 7. The zero-order valence-corrected chi connectivity index (χ0v) is 22.6. The Morgan fingerprint density at radius 2 is 1.47 bits per heavy atom. The molecule has 3 aromatic rings. The molecular weight excluding hydrogens is 576 g/mol. The molecule has 0 spiro atoms. The number of hydrogen-bond acceptors (Lipinski definition) is 15. The van der Waals surface area contributed by atoms with Gasteiger partial charge in [-0.25, -0.2) is 0 Å². The van der Waals surface area contributed by atoms with Crippen molar-refractivity contribution in [1.29, 1.82) is 0 Å². The maximum atomic E-state index is 13.6. The molecular formula is C28H32O15. The lowest BCUT2D eigenvalue weighted by Crippen LogP contribution is -2.62. The Balaban J connectivity index is 1.65. The van der Waals surface area contributed by atoms with Gasteiger partial charge in [-0.3, -0.25) is 4.79 Å². The normalized spacial score (nSPS) is 33.0. The molecule has 2 fully saturated rings. The SMILES string of the molecule is COc1cc(O)c2c(=O)c(-c3ccc(O)cc3)coc2c1C1OC(CO)C(O)C(O)C1OC1OC(CO)C(O)C(O)C1O. The first-order valence-electron chi connectivity index (χ1n) is 13.3. The molecule has 10 unspecified atom stereocenters. The van der Waals surface area contributed by atoms with Crippen molar-refractivity contribution in [3.63, 3.8) is 0 Å². The fraction of sp³-hybridized carbons (Fsp3) is 0.464. The molecule has 2 aliphatic heterocycles. The van der Waals surface area contributed by atoms with Crippen LogP contribution in [-0.2, 0) is 14.2 Å². The molecule has 0 bridgehead atoms. The minimum atomic E-state index is -1.89. The van der Waals surface area contributed by atoms with Crippen molar-refractivity contribution in [1.82, 2.24) is 0 Å². The van der Waals surface area contributed by atoms with E-state index >= 15 is 0 Å². The van der Waals surface area contributed by atoms with E-state index in [4.69, 9.17) is 23.4 Å². The number of benzene rings is 2. The van der Waals surface area contributed by atoms with Crippen LogP contribution in [0.1, 0.15) is 11.7 Å². The first-order valence-corrected chi connectivity index (χ1v) is 13.3. The van der Waals surface area contributed by atoms with Crippen molar-refractivity contribution < 1.29 is 69.3 Å². The van der Waals surface area contributed by atoms with Gasteiger partial charge in [0.15, 0.2) is 11.9 Å². The van der Waals surface area contributed by atoms with Crippen molar-refractivity contribution in [3.8, 4) is 28.4 Å². The van der Waals surface area contributed by atoms with Crippen LogP contribution in [0.15, 0.2) is 45.8 Å². The second-order valence-electron chi connectivity index (χ2n) is 10.3. The summed E-state index contributed by atoms with van der Waals surface area (Å²) in [5.41, 5.74) is -0.654. The molecule has 0 saturated carbocycles. The number of aliphatic hydroxyl groups is 7. The fourth-order valence-corrected chi connectivity index (χ4v) is 5.37. The van der Waals surface area contributed by atoms with Crippen molar-refractivity contribution >= 4 is 11.0 Å². The summed E-state index contributed by atoms with van der Waals surface area (Å²) in [6.45, 7) is -1.53. The van der Waals surface area contributed by atoms with Gasteiger partial charge in [0, 0.05) is 6.07 Å². The van der Waals surface area contributed by atoms with Crippen LogP contribution in [-0.4, -0.2) is 121 Å². The number of phenols is 2. The van der Waals surface area contributed by atoms with Crippen molar-refractivity contribution in [3.05, 3.63) is 52.4 Å². The molecule has 3 heterocycles. The van der Waals surface area contributed by atoms with E-state index in [0.29, 0.717) is 5.56 Å². The third kappa shape index (κ3) is 5.44. The van der Waals surface area contributed by atoms with Crippen LogP contribution in [0.4, 0.5) is 0 Å². The highest BCUT2D eigenvalue weighted by Crippen LogP contribution is 2.45. The second-order valence-corrected chi connectivity index (χ2v) is 10.3. The van der Waals surface area contributed by atoms with Crippen LogP contribution in [0, 0.1) is 0 Å². The van der Waals surface area contributed by atoms with Gasteiger partial charge in [0.05, 0.1) is 31.5 Å². The smallest absolute Gasteiger partial charge is 0.204 e.